The van der Waals surface area contributed by atoms with Crippen molar-refractivity contribution in [1.29, 1.82) is 0 Å². The number of amides is 1. The van der Waals surface area contributed by atoms with Crippen molar-refractivity contribution in [3.8, 4) is 0 Å². The number of hydrogen-bond donors (Lipinski definition) is 1. The van der Waals surface area contributed by atoms with E-state index in [1.165, 1.54) is 0 Å². The van der Waals surface area contributed by atoms with Crippen LogP contribution in [0.5, 0.6) is 0 Å². The number of imidazole rings is 1. The van der Waals surface area contributed by atoms with Crippen LogP contribution in [0, 0.1) is 0 Å². The molecule has 0 spiro atoms. The smallest absolute Gasteiger partial charge is 0.225 e. The van der Waals surface area contributed by atoms with Crippen LogP contribution in [0.1, 0.15) is 18.7 Å². The molecule has 7 nitrogen and oxygen atoms in total. The number of carbonyl (C=O) groups is 1. The summed E-state index contributed by atoms with van der Waals surface area (Å²) in [6.45, 7) is 2.92. The third-order valence-electron chi connectivity index (χ3n) is 4.66. The SMILES string of the molecule is CC(=O)N[C@@H]1CN(c2ncc3ccccc3n2)C[C@H]1c1nccn1C. The summed E-state index contributed by atoms with van der Waals surface area (Å²) in [6.07, 6.45) is 5.56. The predicted octanol–water partition coefficient (Wildman–Crippen LogP) is 1.47. The highest BCUT2D eigenvalue weighted by Gasteiger charge is 2.37. The van der Waals surface area contributed by atoms with Gasteiger partial charge >= 0.3 is 0 Å². The van der Waals surface area contributed by atoms with Crippen molar-refractivity contribution in [1.82, 2.24) is 24.8 Å². The van der Waals surface area contributed by atoms with Gasteiger partial charge in [-0.05, 0) is 6.07 Å². The van der Waals surface area contributed by atoms with Crippen molar-refractivity contribution < 1.29 is 4.79 Å². The fourth-order valence-electron chi connectivity index (χ4n) is 3.49. The van der Waals surface area contributed by atoms with E-state index in [0.29, 0.717) is 19.0 Å². The number of hydrogen-bond acceptors (Lipinski definition) is 5. The summed E-state index contributed by atoms with van der Waals surface area (Å²) in [5.41, 5.74) is 0.920. The number of nitrogens with zero attached hydrogens (tertiary/aromatic N) is 5. The van der Waals surface area contributed by atoms with Gasteiger partial charge in [0.25, 0.3) is 0 Å². The maximum atomic E-state index is 11.6. The van der Waals surface area contributed by atoms with Crippen LogP contribution in [0.4, 0.5) is 5.95 Å². The number of fused-ring (bicyclic) bond motifs is 1. The Morgan fingerprint density at radius 2 is 2.08 bits per heavy atom. The van der Waals surface area contributed by atoms with Crippen molar-refractivity contribution in [3.63, 3.8) is 0 Å². The average molecular weight is 336 g/mol. The Bertz CT molecular complexity index is 921. The molecule has 0 bridgehead atoms. The highest BCUT2D eigenvalue weighted by molar-refractivity contribution is 5.78. The highest BCUT2D eigenvalue weighted by Crippen LogP contribution is 2.29. The summed E-state index contributed by atoms with van der Waals surface area (Å²) in [5, 5.41) is 4.07. The number of nitrogens with one attached hydrogen (secondary N) is 1. The zero-order valence-electron chi connectivity index (χ0n) is 14.3. The molecule has 128 valence electrons. The molecule has 0 aliphatic carbocycles. The van der Waals surface area contributed by atoms with E-state index in [1.807, 2.05) is 48.3 Å². The summed E-state index contributed by atoms with van der Waals surface area (Å²) >= 11 is 0. The number of para-hydroxylation sites is 1. The summed E-state index contributed by atoms with van der Waals surface area (Å²) < 4.78 is 2.00. The van der Waals surface area contributed by atoms with Crippen molar-refractivity contribution in [2.45, 2.75) is 18.9 Å². The minimum atomic E-state index is -0.0366. The van der Waals surface area contributed by atoms with Gasteiger partial charge in [-0.1, -0.05) is 18.2 Å². The molecule has 1 amide bonds. The molecule has 2 atom stereocenters. The van der Waals surface area contributed by atoms with Gasteiger partial charge in [-0.15, -0.1) is 0 Å². The van der Waals surface area contributed by atoms with Gasteiger partial charge in [0.05, 0.1) is 17.5 Å². The molecular formula is C18H20N6O. The first kappa shape index (κ1) is 15.6. The summed E-state index contributed by atoms with van der Waals surface area (Å²) in [6, 6.07) is 7.91. The lowest BCUT2D eigenvalue weighted by molar-refractivity contribution is -0.119. The van der Waals surface area contributed by atoms with Gasteiger partial charge in [0.2, 0.25) is 11.9 Å². The number of carbonyl (C=O) groups excluding carboxylic acids is 1. The monoisotopic (exact) mass is 336 g/mol. The van der Waals surface area contributed by atoms with Crippen molar-refractivity contribution in [3.05, 3.63) is 48.7 Å². The lowest BCUT2D eigenvalue weighted by Gasteiger charge is -2.18. The maximum Gasteiger partial charge on any atom is 0.225 e. The Kier molecular flexibility index (Phi) is 3.83. The molecule has 2 aromatic heterocycles. The Morgan fingerprint density at radius 3 is 2.84 bits per heavy atom. The molecule has 3 aromatic rings. The first-order valence-electron chi connectivity index (χ1n) is 8.33. The van der Waals surface area contributed by atoms with Crippen LogP contribution in [-0.2, 0) is 11.8 Å². The fraction of sp³-hybridized carbons (Fsp3) is 0.333. The van der Waals surface area contributed by atoms with Crippen molar-refractivity contribution in [2.75, 3.05) is 18.0 Å². The summed E-state index contributed by atoms with van der Waals surface area (Å²) in [7, 11) is 1.97. The van der Waals surface area contributed by atoms with Crippen LogP contribution in [0.2, 0.25) is 0 Å². The van der Waals surface area contributed by atoms with E-state index >= 15 is 0 Å². The van der Waals surface area contributed by atoms with E-state index in [0.717, 1.165) is 16.7 Å². The largest absolute Gasteiger partial charge is 0.351 e. The van der Waals surface area contributed by atoms with E-state index < -0.39 is 0 Å². The number of rotatable bonds is 3. The molecule has 7 heteroatoms. The molecule has 1 saturated heterocycles. The molecular weight excluding hydrogens is 316 g/mol. The van der Waals surface area contributed by atoms with Gasteiger partial charge < -0.3 is 14.8 Å². The molecule has 1 fully saturated rings. The van der Waals surface area contributed by atoms with E-state index in [2.05, 4.69) is 25.2 Å². The molecule has 4 rings (SSSR count). The molecule has 1 N–H and O–H groups in total. The van der Waals surface area contributed by atoms with Crippen molar-refractivity contribution >= 4 is 22.8 Å². The third kappa shape index (κ3) is 2.93. The lowest BCUT2D eigenvalue weighted by atomic mass is 10.0. The second-order valence-electron chi connectivity index (χ2n) is 6.44. The molecule has 0 radical (unpaired) electrons. The minimum absolute atomic E-state index is 0.0197. The van der Waals surface area contributed by atoms with Gasteiger partial charge in [-0.25, -0.2) is 15.0 Å². The second kappa shape index (κ2) is 6.16. The van der Waals surface area contributed by atoms with E-state index in [9.17, 15) is 4.79 Å². The maximum absolute atomic E-state index is 11.6. The van der Waals surface area contributed by atoms with Gasteiger partial charge in [0.1, 0.15) is 5.82 Å². The van der Waals surface area contributed by atoms with Gasteiger partial charge in [0.15, 0.2) is 0 Å². The summed E-state index contributed by atoms with van der Waals surface area (Å²) in [5.74, 6) is 1.71. The molecule has 1 aliphatic heterocycles. The van der Waals surface area contributed by atoms with Crippen LogP contribution < -0.4 is 10.2 Å². The fourth-order valence-corrected chi connectivity index (χ4v) is 3.49. The van der Waals surface area contributed by atoms with Crippen LogP contribution in [-0.4, -0.2) is 44.6 Å². The third-order valence-corrected chi connectivity index (χ3v) is 4.66. The van der Waals surface area contributed by atoms with Crippen LogP contribution in [0.3, 0.4) is 0 Å². The quantitative estimate of drug-likeness (QED) is 0.784. The summed E-state index contributed by atoms with van der Waals surface area (Å²) in [4.78, 5) is 27.4. The van der Waals surface area contributed by atoms with Crippen molar-refractivity contribution in [2.24, 2.45) is 7.05 Å². The Balaban J connectivity index is 1.66. The zero-order valence-corrected chi connectivity index (χ0v) is 14.3. The van der Waals surface area contributed by atoms with Crippen LogP contribution in [0.25, 0.3) is 10.9 Å². The minimum Gasteiger partial charge on any atom is -0.351 e. The van der Waals surface area contributed by atoms with Crippen LogP contribution in [0.15, 0.2) is 42.9 Å². The van der Waals surface area contributed by atoms with E-state index in [1.54, 1.807) is 13.1 Å². The first-order valence-corrected chi connectivity index (χ1v) is 8.33. The zero-order chi connectivity index (χ0) is 17.4. The first-order chi connectivity index (χ1) is 12.1. The Hall–Kier alpha value is -2.96. The molecule has 0 unspecified atom stereocenters. The Labute approximate surface area is 145 Å². The molecule has 25 heavy (non-hydrogen) atoms. The van der Waals surface area contributed by atoms with Gasteiger partial charge in [0, 0.05) is 51.0 Å². The average Bonchev–Trinajstić information content (AvgIpc) is 3.20. The Morgan fingerprint density at radius 1 is 1.24 bits per heavy atom. The molecule has 3 heterocycles. The molecule has 1 aromatic carbocycles. The van der Waals surface area contributed by atoms with Gasteiger partial charge in [-0.3, -0.25) is 4.79 Å². The molecule has 1 aliphatic rings. The van der Waals surface area contributed by atoms with Gasteiger partial charge in [-0.2, -0.15) is 0 Å². The van der Waals surface area contributed by atoms with E-state index in [4.69, 9.17) is 0 Å². The number of aryl methyl sites for hydroxylation is 1. The second-order valence-corrected chi connectivity index (χ2v) is 6.44. The topological polar surface area (TPSA) is 75.9 Å². The van der Waals surface area contributed by atoms with Crippen LogP contribution >= 0.6 is 0 Å². The number of aromatic nitrogens is 4. The number of benzene rings is 1. The highest BCUT2D eigenvalue weighted by atomic mass is 16.1. The standard InChI is InChI=1S/C18H20N6O/c1-12(25)21-16-11-24(10-14(16)17-19-7-8-23(17)2)18-20-9-13-5-3-4-6-15(13)22-18/h3-9,14,16H,10-11H2,1-2H3,(H,21,25)/t14-,16-/m1/s1. The number of anilines is 1. The van der Waals surface area contributed by atoms with E-state index in [-0.39, 0.29) is 17.9 Å². The predicted molar refractivity (Wildman–Crippen MR) is 95.3 cm³/mol. The lowest BCUT2D eigenvalue weighted by Crippen LogP contribution is -2.39. The normalized spacial score (nSPS) is 20.2. The molecule has 0 saturated carbocycles.